The number of ketones is 1. The molecular formula is C13H16N2O4. The van der Waals surface area contributed by atoms with Gasteiger partial charge < -0.3 is 16.2 Å². The summed E-state index contributed by atoms with van der Waals surface area (Å²) in [6.45, 7) is 1.42. The molecule has 0 spiro atoms. The van der Waals surface area contributed by atoms with Crippen LogP contribution in [0.5, 0.6) is 0 Å². The average Bonchev–Trinajstić information content (AvgIpc) is 2.34. The highest BCUT2D eigenvalue weighted by molar-refractivity contribution is 6.12. The van der Waals surface area contributed by atoms with E-state index in [0.717, 1.165) is 0 Å². The first-order valence-corrected chi connectivity index (χ1v) is 5.81. The van der Waals surface area contributed by atoms with Crippen molar-refractivity contribution < 1.29 is 19.5 Å². The number of nitrogens with one attached hydrogen (secondary N) is 1. The highest BCUT2D eigenvalue weighted by Gasteiger charge is 2.28. The standard InChI is InChI=1S/C13H16N2O4/c1-8(16)15-11-5-3-2-4-9(11)12(17)10(6-7-14)13(18)19/h2-5,10H,6-7,14H2,1H3,(H,15,16)(H,18,19). The summed E-state index contributed by atoms with van der Waals surface area (Å²) in [5, 5.41) is 11.6. The van der Waals surface area contributed by atoms with Gasteiger partial charge in [0, 0.05) is 12.5 Å². The van der Waals surface area contributed by atoms with Crippen molar-refractivity contribution in [2.75, 3.05) is 11.9 Å². The van der Waals surface area contributed by atoms with Crippen LogP contribution in [-0.2, 0) is 9.59 Å². The Morgan fingerprint density at radius 1 is 1.32 bits per heavy atom. The number of aliphatic carboxylic acids is 1. The first-order chi connectivity index (χ1) is 8.97. The predicted molar refractivity (Wildman–Crippen MR) is 69.9 cm³/mol. The molecule has 0 aliphatic carbocycles. The fraction of sp³-hybridized carbons (Fsp3) is 0.308. The molecule has 4 N–H and O–H groups in total. The van der Waals surface area contributed by atoms with Gasteiger partial charge in [0.1, 0.15) is 5.92 Å². The third-order valence-corrected chi connectivity index (χ3v) is 2.57. The normalized spacial score (nSPS) is 11.7. The number of carbonyl (C=O) groups is 3. The number of para-hydroxylation sites is 1. The number of benzene rings is 1. The van der Waals surface area contributed by atoms with Crippen molar-refractivity contribution >= 4 is 23.3 Å². The summed E-state index contributed by atoms with van der Waals surface area (Å²) in [6.07, 6.45) is 0.0581. The van der Waals surface area contributed by atoms with Crippen molar-refractivity contribution in [3.63, 3.8) is 0 Å². The van der Waals surface area contributed by atoms with Gasteiger partial charge in [0.25, 0.3) is 0 Å². The molecule has 0 heterocycles. The highest BCUT2D eigenvalue weighted by atomic mass is 16.4. The van der Waals surface area contributed by atoms with Crippen LogP contribution in [0, 0.1) is 5.92 Å². The lowest BCUT2D eigenvalue weighted by atomic mass is 9.93. The zero-order valence-electron chi connectivity index (χ0n) is 10.6. The quantitative estimate of drug-likeness (QED) is 0.522. The van der Waals surface area contributed by atoms with Gasteiger partial charge in [-0.25, -0.2) is 0 Å². The Labute approximate surface area is 110 Å². The average molecular weight is 264 g/mol. The van der Waals surface area contributed by atoms with Crippen LogP contribution < -0.4 is 11.1 Å². The largest absolute Gasteiger partial charge is 0.481 e. The van der Waals surface area contributed by atoms with E-state index in [1.54, 1.807) is 18.2 Å². The molecule has 0 saturated heterocycles. The third kappa shape index (κ3) is 3.89. The van der Waals surface area contributed by atoms with Crippen molar-refractivity contribution in [3.8, 4) is 0 Å². The smallest absolute Gasteiger partial charge is 0.314 e. The van der Waals surface area contributed by atoms with Gasteiger partial charge in [-0.3, -0.25) is 14.4 Å². The molecule has 6 nitrogen and oxygen atoms in total. The summed E-state index contributed by atoms with van der Waals surface area (Å²) in [5.41, 5.74) is 5.80. The summed E-state index contributed by atoms with van der Waals surface area (Å²) in [5.74, 6) is -3.29. The van der Waals surface area contributed by atoms with E-state index in [4.69, 9.17) is 10.8 Å². The van der Waals surface area contributed by atoms with Gasteiger partial charge in [0.2, 0.25) is 5.91 Å². The van der Waals surface area contributed by atoms with E-state index in [1.807, 2.05) is 0 Å². The summed E-state index contributed by atoms with van der Waals surface area (Å²) >= 11 is 0. The Kier molecular flexibility index (Phi) is 5.20. The number of anilines is 1. The zero-order valence-corrected chi connectivity index (χ0v) is 10.6. The number of amides is 1. The van der Waals surface area contributed by atoms with Gasteiger partial charge in [-0.05, 0) is 25.1 Å². The lowest BCUT2D eigenvalue weighted by Crippen LogP contribution is -2.27. The molecule has 6 heteroatoms. The summed E-state index contributed by atoms with van der Waals surface area (Å²) in [7, 11) is 0. The first-order valence-electron chi connectivity index (χ1n) is 5.81. The van der Waals surface area contributed by atoms with E-state index >= 15 is 0 Å². The molecule has 0 bridgehead atoms. The second kappa shape index (κ2) is 6.65. The molecule has 0 aliphatic heterocycles. The summed E-state index contributed by atoms with van der Waals surface area (Å²) < 4.78 is 0. The van der Waals surface area contributed by atoms with E-state index < -0.39 is 17.7 Å². The monoisotopic (exact) mass is 264 g/mol. The van der Waals surface area contributed by atoms with Crippen molar-refractivity contribution in [1.29, 1.82) is 0 Å². The van der Waals surface area contributed by atoms with Gasteiger partial charge in [0.05, 0.1) is 5.69 Å². The summed E-state index contributed by atoms with van der Waals surface area (Å²) in [4.78, 5) is 34.3. The number of carboxylic acids is 1. The molecule has 0 fully saturated rings. The molecule has 19 heavy (non-hydrogen) atoms. The Bertz CT molecular complexity index is 499. The molecule has 1 amide bonds. The molecule has 1 rings (SSSR count). The lowest BCUT2D eigenvalue weighted by molar-refractivity contribution is -0.140. The van der Waals surface area contributed by atoms with Crippen molar-refractivity contribution in [3.05, 3.63) is 29.8 Å². The minimum Gasteiger partial charge on any atom is -0.481 e. The number of nitrogens with two attached hydrogens (primary N) is 1. The van der Waals surface area contributed by atoms with Crippen molar-refractivity contribution in [1.82, 2.24) is 0 Å². The molecule has 102 valence electrons. The van der Waals surface area contributed by atoms with E-state index in [-0.39, 0.29) is 24.4 Å². The minimum absolute atomic E-state index is 0.0581. The van der Waals surface area contributed by atoms with Crippen molar-refractivity contribution in [2.45, 2.75) is 13.3 Å². The molecule has 1 atom stereocenters. The number of carbonyl (C=O) groups excluding carboxylic acids is 2. The number of carboxylic acid groups (broad SMARTS) is 1. The molecule has 0 saturated carbocycles. The third-order valence-electron chi connectivity index (χ3n) is 2.57. The molecule has 0 aromatic heterocycles. The molecule has 1 aromatic rings. The summed E-state index contributed by atoms with van der Waals surface area (Å²) in [6, 6.07) is 6.30. The van der Waals surface area contributed by atoms with Crippen LogP contribution >= 0.6 is 0 Å². The predicted octanol–water partition coefficient (Wildman–Crippen LogP) is 0.877. The number of hydrogen-bond donors (Lipinski definition) is 3. The number of rotatable bonds is 6. The van der Waals surface area contributed by atoms with Crippen LogP contribution in [0.4, 0.5) is 5.69 Å². The topological polar surface area (TPSA) is 109 Å². The number of hydrogen-bond acceptors (Lipinski definition) is 4. The fourth-order valence-electron chi connectivity index (χ4n) is 1.72. The Hall–Kier alpha value is -2.21. The Morgan fingerprint density at radius 3 is 2.47 bits per heavy atom. The highest BCUT2D eigenvalue weighted by Crippen LogP contribution is 2.20. The van der Waals surface area contributed by atoms with E-state index in [9.17, 15) is 14.4 Å². The molecule has 1 unspecified atom stereocenters. The second-order valence-corrected chi connectivity index (χ2v) is 4.06. The van der Waals surface area contributed by atoms with Gasteiger partial charge in [-0.1, -0.05) is 12.1 Å². The maximum atomic E-state index is 12.2. The van der Waals surface area contributed by atoms with Crippen LogP contribution in [0.1, 0.15) is 23.7 Å². The molecular weight excluding hydrogens is 248 g/mol. The van der Waals surface area contributed by atoms with E-state index in [0.29, 0.717) is 5.69 Å². The lowest BCUT2D eigenvalue weighted by Gasteiger charge is -2.13. The van der Waals surface area contributed by atoms with Crippen LogP contribution in [-0.4, -0.2) is 29.3 Å². The van der Waals surface area contributed by atoms with Crippen LogP contribution in [0.25, 0.3) is 0 Å². The van der Waals surface area contributed by atoms with E-state index in [1.165, 1.54) is 13.0 Å². The van der Waals surface area contributed by atoms with Crippen LogP contribution in [0.15, 0.2) is 24.3 Å². The van der Waals surface area contributed by atoms with E-state index in [2.05, 4.69) is 5.32 Å². The van der Waals surface area contributed by atoms with Crippen LogP contribution in [0.2, 0.25) is 0 Å². The maximum absolute atomic E-state index is 12.2. The number of Topliss-reactive ketones (excluding diaryl/α,β-unsaturated/α-hetero) is 1. The molecule has 0 radical (unpaired) electrons. The van der Waals surface area contributed by atoms with Gasteiger partial charge in [0.15, 0.2) is 5.78 Å². The zero-order chi connectivity index (χ0) is 14.4. The van der Waals surface area contributed by atoms with Gasteiger partial charge >= 0.3 is 5.97 Å². The SMILES string of the molecule is CC(=O)Nc1ccccc1C(=O)C(CCN)C(=O)O. The second-order valence-electron chi connectivity index (χ2n) is 4.06. The fourth-order valence-corrected chi connectivity index (χ4v) is 1.72. The van der Waals surface area contributed by atoms with Crippen molar-refractivity contribution in [2.24, 2.45) is 11.7 Å². The Morgan fingerprint density at radius 2 is 1.95 bits per heavy atom. The van der Waals surface area contributed by atoms with Gasteiger partial charge in [-0.15, -0.1) is 0 Å². The van der Waals surface area contributed by atoms with Crippen LogP contribution in [0.3, 0.4) is 0 Å². The first kappa shape index (κ1) is 14.8. The maximum Gasteiger partial charge on any atom is 0.314 e. The molecule has 1 aromatic carbocycles. The minimum atomic E-state index is -1.21. The van der Waals surface area contributed by atoms with Gasteiger partial charge in [-0.2, -0.15) is 0 Å². The molecule has 0 aliphatic rings. The Balaban J connectivity index is 3.10.